The van der Waals surface area contributed by atoms with Crippen molar-refractivity contribution >= 4 is 52.1 Å². The van der Waals surface area contributed by atoms with Gasteiger partial charge in [0, 0.05) is 10.6 Å². The van der Waals surface area contributed by atoms with Gasteiger partial charge in [0.25, 0.3) is 0 Å². The van der Waals surface area contributed by atoms with E-state index in [-0.39, 0.29) is 16.2 Å². The quantitative estimate of drug-likeness (QED) is 0.507. The van der Waals surface area contributed by atoms with Crippen molar-refractivity contribution in [1.82, 2.24) is 4.98 Å². The molecule has 2 rings (SSSR count). The minimum Gasteiger partial charge on any atom is -0.376 e. The van der Waals surface area contributed by atoms with Gasteiger partial charge < -0.3 is 5.32 Å². The fourth-order valence-corrected chi connectivity index (χ4v) is 3.28. The van der Waals surface area contributed by atoms with Gasteiger partial charge in [-0.1, -0.05) is 46.4 Å². The number of hydrogen-bond donors (Lipinski definition) is 1. The Kier molecular flexibility index (Phi) is 5.20. The van der Waals surface area contributed by atoms with E-state index in [2.05, 4.69) is 10.3 Å². The lowest BCUT2D eigenvalue weighted by Gasteiger charge is -2.20. The van der Waals surface area contributed by atoms with Gasteiger partial charge in [0.2, 0.25) is 0 Å². The molecule has 0 fully saturated rings. The molecule has 1 aromatic heterocycles. The molecule has 0 saturated heterocycles. The number of pyridine rings is 1. The largest absolute Gasteiger partial charge is 0.376 e. The van der Waals surface area contributed by atoms with Crippen molar-refractivity contribution in [2.24, 2.45) is 0 Å². The van der Waals surface area contributed by atoms with Crippen molar-refractivity contribution in [3.05, 3.63) is 55.5 Å². The second kappa shape index (κ2) is 6.57. The molecular formula is C14H11Cl4FN2. The summed E-state index contributed by atoms with van der Waals surface area (Å²) in [6.07, 6.45) is 0. The van der Waals surface area contributed by atoms with E-state index < -0.39 is 5.82 Å². The Morgan fingerprint density at radius 1 is 1.19 bits per heavy atom. The molecule has 0 radical (unpaired) electrons. The maximum atomic E-state index is 13.6. The molecule has 0 amide bonds. The third-order valence-electron chi connectivity index (χ3n) is 3.01. The lowest BCUT2D eigenvalue weighted by molar-refractivity contribution is 0.624. The van der Waals surface area contributed by atoms with Gasteiger partial charge in [0.05, 0.1) is 16.8 Å². The van der Waals surface area contributed by atoms with Gasteiger partial charge in [0.15, 0.2) is 5.15 Å². The number of anilines is 1. The molecule has 1 heterocycles. The highest BCUT2D eigenvalue weighted by atomic mass is 35.5. The van der Waals surface area contributed by atoms with Crippen LogP contribution in [0.2, 0.25) is 20.4 Å². The van der Waals surface area contributed by atoms with Crippen LogP contribution in [0.4, 0.5) is 10.1 Å². The minimum absolute atomic E-state index is 0.0156. The first-order valence-electron chi connectivity index (χ1n) is 6.03. The van der Waals surface area contributed by atoms with Gasteiger partial charge in [-0.2, -0.15) is 0 Å². The average molecular weight is 368 g/mol. The molecule has 2 nitrogen and oxygen atoms in total. The molecule has 1 unspecified atom stereocenters. The molecule has 0 aliphatic carbocycles. The van der Waals surface area contributed by atoms with E-state index >= 15 is 0 Å². The Hall–Kier alpha value is -0.740. The zero-order chi connectivity index (χ0) is 15.7. The van der Waals surface area contributed by atoms with Crippen LogP contribution in [0, 0.1) is 12.7 Å². The van der Waals surface area contributed by atoms with Gasteiger partial charge >= 0.3 is 0 Å². The Balaban J connectivity index is 2.40. The van der Waals surface area contributed by atoms with Crippen LogP contribution in [0.25, 0.3) is 0 Å². The molecule has 0 aliphatic rings. The standard InChI is InChI=1S/C14H11Cl4FN2/c1-6-5-10(16)21-14(18)13(6)20-7(2)11-8(15)3-4-9(19)12(11)17/h3-5,7,20H,1-2H3. The minimum atomic E-state index is -0.526. The van der Waals surface area contributed by atoms with E-state index in [1.54, 1.807) is 13.0 Å². The second-order valence-electron chi connectivity index (χ2n) is 4.55. The van der Waals surface area contributed by atoms with E-state index in [1.807, 2.05) is 6.92 Å². The molecular weight excluding hydrogens is 357 g/mol. The van der Waals surface area contributed by atoms with Crippen LogP contribution in [-0.2, 0) is 0 Å². The summed E-state index contributed by atoms with van der Waals surface area (Å²) in [5.41, 5.74) is 1.88. The Morgan fingerprint density at radius 2 is 1.86 bits per heavy atom. The summed E-state index contributed by atoms with van der Waals surface area (Å²) in [5.74, 6) is -0.526. The van der Waals surface area contributed by atoms with Gasteiger partial charge in [-0.05, 0) is 37.6 Å². The Morgan fingerprint density at radius 3 is 2.48 bits per heavy atom. The summed E-state index contributed by atoms with van der Waals surface area (Å²) < 4.78 is 13.6. The zero-order valence-electron chi connectivity index (χ0n) is 11.1. The molecule has 0 bridgehead atoms. The summed E-state index contributed by atoms with van der Waals surface area (Å²) in [6, 6.07) is 4.00. The highest BCUT2D eigenvalue weighted by Gasteiger charge is 2.19. The van der Waals surface area contributed by atoms with Crippen LogP contribution in [-0.4, -0.2) is 4.98 Å². The van der Waals surface area contributed by atoms with Crippen LogP contribution in [0.3, 0.4) is 0 Å². The summed E-state index contributed by atoms with van der Waals surface area (Å²) in [4.78, 5) is 3.97. The molecule has 112 valence electrons. The maximum Gasteiger partial charge on any atom is 0.154 e. The topological polar surface area (TPSA) is 24.9 Å². The van der Waals surface area contributed by atoms with Crippen molar-refractivity contribution in [2.75, 3.05) is 5.32 Å². The molecule has 7 heteroatoms. The van der Waals surface area contributed by atoms with Crippen LogP contribution < -0.4 is 5.32 Å². The maximum absolute atomic E-state index is 13.6. The first-order chi connectivity index (χ1) is 9.81. The number of aryl methyl sites for hydroxylation is 1. The third-order valence-corrected chi connectivity index (χ3v) is 4.20. The number of aromatic nitrogens is 1. The summed E-state index contributed by atoms with van der Waals surface area (Å²) in [5, 5.41) is 4.03. The molecule has 0 aliphatic heterocycles. The van der Waals surface area contributed by atoms with Crippen LogP contribution in [0.5, 0.6) is 0 Å². The number of halogens is 5. The highest BCUT2D eigenvalue weighted by molar-refractivity contribution is 6.36. The first kappa shape index (κ1) is 16.6. The van der Waals surface area contributed by atoms with Gasteiger partial charge in [-0.15, -0.1) is 0 Å². The molecule has 1 N–H and O–H groups in total. The summed E-state index contributed by atoms with van der Waals surface area (Å²) in [7, 11) is 0. The van der Waals surface area contributed by atoms with Gasteiger partial charge in [-0.3, -0.25) is 0 Å². The molecule has 21 heavy (non-hydrogen) atoms. The van der Waals surface area contributed by atoms with E-state index in [0.717, 1.165) is 5.56 Å². The lowest BCUT2D eigenvalue weighted by atomic mass is 10.1. The number of nitrogens with one attached hydrogen (secondary N) is 1. The monoisotopic (exact) mass is 366 g/mol. The third kappa shape index (κ3) is 3.54. The molecule has 2 aromatic rings. The number of nitrogens with zero attached hydrogens (tertiary/aromatic N) is 1. The molecule has 0 spiro atoms. The van der Waals surface area contributed by atoms with Gasteiger partial charge in [0.1, 0.15) is 11.0 Å². The number of rotatable bonds is 3. The normalized spacial score (nSPS) is 12.3. The fourth-order valence-electron chi connectivity index (χ4n) is 2.00. The van der Waals surface area contributed by atoms with Crippen molar-refractivity contribution in [1.29, 1.82) is 0 Å². The predicted molar refractivity (Wildman–Crippen MR) is 87.5 cm³/mol. The zero-order valence-corrected chi connectivity index (χ0v) is 14.2. The Labute approximate surface area is 142 Å². The lowest BCUT2D eigenvalue weighted by Crippen LogP contribution is -2.10. The van der Waals surface area contributed by atoms with E-state index in [4.69, 9.17) is 46.4 Å². The summed E-state index contributed by atoms with van der Waals surface area (Å²) >= 11 is 24.0. The fraction of sp³-hybridized carbons (Fsp3) is 0.214. The highest BCUT2D eigenvalue weighted by Crippen LogP contribution is 2.36. The van der Waals surface area contributed by atoms with Crippen molar-refractivity contribution in [2.45, 2.75) is 19.9 Å². The van der Waals surface area contributed by atoms with Gasteiger partial charge in [-0.25, -0.2) is 9.37 Å². The van der Waals surface area contributed by atoms with E-state index in [1.165, 1.54) is 12.1 Å². The smallest absolute Gasteiger partial charge is 0.154 e. The Bertz CT molecular complexity index is 668. The second-order valence-corrected chi connectivity index (χ2v) is 6.08. The summed E-state index contributed by atoms with van der Waals surface area (Å²) in [6.45, 7) is 3.64. The van der Waals surface area contributed by atoms with Crippen LogP contribution >= 0.6 is 46.4 Å². The van der Waals surface area contributed by atoms with E-state index in [9.17, 15) is 4.39 Å². The van der Waals surface area contributed by atoms with E-state index in [0.29, 0.717) is 21.4 Å². The molecule has 0 saturated carbocycles. The van der Waals surface area contributed by atoms with Crippen molar-refractivity contribution in [3.8, 4) is 0 Å². The SMILES string of the molecule is Cc1cc(Cl)nc(Cl)c1NC(C)c1c(Cl)ccc(F)c1Cl. The van der Waals surface area contributed by atoms with Crippen LogP contribution in [0.1, 0.15) is 24.1 Å². The van der Waals surface area contributed by atoms with Crippen molar-refractivity contribution in [3.63, 3.8) is 0 Å². The average Bonchev–Trinajstić information content (AvgIpc) is 2.38. The predicted octanol–water partition coefficient (Wildman–Crippen LogP) is 6.32. The molecule has 1 atom stereocenters. The number of hydrogen-bond acceptors (Lipinski definition) is 2. The first-order valence-corrected chi connectivity index (χ1v) is 7.55. The molecule has 1 aromatic carbocycles. The number of benzene rings is 1. The van der Waals surface area contributed by atoms with Crippen LogP contribution in [0.15, 0.2) is 18.2 Å². The van der Waals surface area contributed by atoms with Crippen molar-refractivity contribution < 1.29 is 4.39 Å².